The van der Waals surface area contributed by atoms with Gasteiger partial charge in [0.25, 0.3) is 0 Å². The maximum absolute atomic E-state index is 12.9. The van der Waals surface area contributed by atoms with Crippen LogP contribution in [0.15, 0.2) is 53.4 Å². The fourth-order valence-corrected chi connectivity index (χ4v) is 5.00. The maximum atomic E-state index is 12.9. The summed E-state index contributed by atoms with van der Waals surface area (Å²) in [6, 6.07) is 15.9. The first-order chi connectivity index (χ1) is 13.2. The molecule has 5 nitrogen and oxygen atoms in total. The number of aromatic amines is 1. The average Bonchev–Trinajstić information content (AvgIpc) is 3.06. The molecule has 0 bridgehead atoms. The van der Waals surface area contributed by atoms with Crippen LogP contribution < -0.4 is 5.32 Å². The molecule has 2 amide bonds. The summed E-state index contributed by atoms with van der Waals surface area (Å²) < 4.78 is 0. The zero-order chi connectivity index (χ0) is 18.4. The summed E-state index contributed by atoms with van der Waals surface area (Å²) in [4.78, 5) is 31.7. The molecule has 5 rings (SSSR count). The van der Waals surface area contributed by atoms with Gasteiger partial charge in [-0.25, -0.2) is 0 Å². The summed E-state index contributed by atoms with van der Waals surface area (Å²) >= 11 is 1.48. The Hall–Kier alpha value is -2.73. The minimum absolute atomic E-state index is 0.0398. The summed E-state index contributed by atoms with van der Waals surface area (Å²) in [7, 11) is 0. The summed E-state index contributed by atoms with van der Waals surface area (Å²) in [5, 5.41) is 3.72. The van der Waals surface area contributed by atoms with E-state index in [1.165, 1.54) is 28.4 Å². The molecule has 3 aromatic rings. The van der Waals surface area contributed by atoms with Crippen LogP contribution in [0.1, 0.15) is 17.7 Å². The summed E-state index contributed by atoms with van der Waals surface area (Å²) in [6.07, 6.45) is 1.05. The number of benzene rings is 2. The normalized spacial score (nSPS) is 18.7. The number of H-pyrrole nitrogens is 1. The number of carbonyl (C=O) groups is 2. The first kappa shape index (κ1) is 16.4. The maximum Gasteiger partial charge on any atom is 0.238 e. The van der Waals surface area contributed by atoms with Crippen LogP contribution in [0.5, 0.6) is 0 Å². The Labute approximate surface area is 161 Å². The number of amides is 2. The number of hydrogen-bond donors (Lipinski definition) is 2. The van der Waals surface area contributed by atoms with Gasteiger partial charge in [0.2, 0.25) is 11.8 Å². The number of thioether (sulfide) groups is 1. The van der Waals surface area contributed by atoms with Gasteiger partial charge in [0, 0.05) is 53.0 Å². The highest BCUT2D eigenvalue weighted by Crippen LogP contribution is 2.37. The monoisotopic (exact) mass is 377 g/mol. The molecule has 6 heteroatoms. The van der Waals surface area contributed by atoms with E-state index in [0.29, 0.717) is 13.1 Å². The zero-order valence-corrected chi connectivity index (χ0v) is 15.5. The van der Waals surface area contributed by atoms with E-state index >= 15 is 0 Å². The molecule has 0 radical (unpaired) electrons. The first-order valence-corrected chi connectivity index (χ1v) is 10.00. The summed E-state index contributed by atoms with van der Waals surface area (Å²) in [5.74, 6) is -0.0465. The molecule has 0 fully saturated rings. The van der Waals surface area contributed by atoms with Crippen molar-refractivity contribution >= 4 is 40.2 Å². The van der Waals surface area contributed by atoms with Crippen LogP contribution in [0.4, 0.5) is 5.69 Å². The fourth-order valence-electron chi connectivity index (χ4n) is 3.89. The van der Waals surface area contributed by atoms with Gasteiger partial charge in [-0.3, -0.25) is 9.59 Å². The van der Waals surface area contributed by atoms with E-state index in [4.69, 9.17) is 0 Å². The Kier molecular flexibility index (Phi) is 3.93. The molecular formula is C21H19N3O2S. The van der Waals surface area contributed by atoms with Gasteiger partial charge in [0.15, 0.2) is 0 Å². The van der Waals surface area contributed by atoms with Crippen molar-refractivity contribution in [3.8, 4) is 0 Å². The minimum Gasteiger partial charge on any atom is -0.358 e. The number of aromatic nitrogens is 1. The van der Waals surface area contributed by atoms with Crippen molar-refractivity contribution < 1.29 is 9.59 Å². The van der Waals surface area contributed by atoms with Gasteiger partial charge in [-0.15, -0.1) is 11.8 Å². The molecule has 0 saturated heterocycles. The van der Waals surface area contributed by atoms with Crippen LogP contribution in [-0.4, -0.2) is 33.5 Å². The Balaban J connectivity index is 1.33. The lowest BCUT2D eigenvalue weighted by atomic mass is 10.0. The van der Waals surface area contributed by atoms with Crippen LogP contribution in [0, 0.1) is 0 Å². The summed E-state index contributed by atoms with van der Waals surface area (Å²) in [5.41, 5.74) is 4.38. The van der Waals surface area contributed by atoms with E-state index in [1.807, 2.05) is 41.3 Å². The number of carbonyl (C=O) groups excluding carboxylic acids is 2. The van der Waals surface area contributed by atoms with Gasteiger partial charge in [0.05, 0.1) is 10.9 Å². The largest absolute Gasteiger partial charge is 0.358 e. The smallest absolute Gasteiger partial charge is 0.238 e. The quantitative estimate of drug-likeness (QED) is 0.718. The number of nitrogens with zero attached hydrogens (tertiary/aromatic N) is 1. The first-order valence-electron chi connectivity index (χ1n) is 9.12. The van der Waals surface area contributed by atoms with Crippen LogP contribution in [0.2, 0.25) is 0 Å². The molecule has 2 N–H and O–H groups in total. The molecule has 136 valence electrons. The van der Waals surface area contributed by atoms with Crippen molar-refractivity contribution in [1.29, 1.82) is 0 Å². The second-order valence-electron chi connectivity index (χ2n) is 6.99. The number of hydrogen-bond acceptors (Lipinski definition) is 3. The molecule has 2 aliphatic rings. The third kappa shape index (κ3) is 2.90. The Bertz CT molecular complexity index is 1060. The number of para-hydroxylation sites is 2. The van der Waals surface area contributed by atoms with Gasteiger partial charge in [-0.1, -0.05) is 30.3 Å². The van der Waals surface area contributed by atoms with Crippen molar-refractivity contribution in [2.45, 2.75) is 29.5 Å². The number of rotatable bonds is 2. The van der Waals surface area contributed by atoms with Gasteiger partial charge < -0.3 is 15.2 Å². The van der Waals surface area contributed by atoms with Gasteiger partial charge >= 0.3 is 0 Å². The molecule has 0 spiro atoms. The van der Waals surface area contributed by atoms with Crippen LogP contribution in [-0.2, 0) is 22.6 Å². The molecule has 2 aliphatic heterocycles. The van der Waals surface area contributed by atoms with Gasteiger partial charge in [-0.2, -0.15) is 0 Å². The molecule has 1 aromatic heterocycles. The van der Waals surface area contributed by atoms with Crippen molar-refractivity contribution in [2.24, 2.45) is 0 Å². The SMILES string of the molecule is O=C1Nc2ccccc2SC1CC(=O)N1CCc2[nH]c3ccccc3c2C1. The Morgan fingerprint density at radius 3 is 2.89 bits per heavy atom. The third-order valence-corrected chi connectivity index (χ3v) is 6.58. The molecule has 27 heavy (non-hydrogen) atoms. The number of anilines is 1. The average molecular weight is 377 g/mol. The van der Waals surface area contributed by atoms with Crippen LogP contribution >= 0.6 is 11.8 Å². The Morgan fingerprint density at radius 1 is 1.15 bits per heavy atom. The Morgan fingerprint density at radius 2 is 1.96 bits per heavy atom. The number of nitrogens with one attached hydrogen (secondary N) is 2. The standard InChI is InChI=1S/C21H19N3O2S/c25-20(11-19-21(26)23-17-7-3-4-8-18(17)27-19)24-10-9-16-14(12-24)13-5-1-2-6-15(13)22-16/h1-8,19,22H,9-12H2,(H,23,26). The molecule has 3 heterocycles. The van der Waals surface area contributed by atoms with E-state index in [9.17, 15) is 9.59 Å². The van der Waals surface area contributed by atoms with E-state index in [-0.39, 0.29) is 23.5 Å². The second-order valence-corrected chi connectivity index (χ2v) is 8.23. The lowest BCUT2D eigenvalue weighted by Gasteiger charge is -2.30. The highest BCUT2D eigenvalue weighted by molar-refractivity contribution is 8.01. The minimum atomic E-state index is -0.378. The van der Waals surface area contributed by atoms with Crippen molar-refractivity contribution in [1.82, 2.24) is 9.88 Å². The van der Waals surface area contributed by atoms with E-state index in [2.05, 4.69) is 22.4 Å². The van der Waals surface area contributed by atoms with Crippen molar-refractivity contribution in [3.63, 3.8) is 0 Å². The lowest BCUT2D eigenvalue weighted by Crippen LogP contribution is -2.40. The van der Waals surface area contributed by atoms with Crippen LogP contribution in [0.25, 0.3) is 10.9 Å². The highest BCUT2D eigenvalue weighted by atomic mass is 32.2. The van der Waals surface area contributed by atoms with E-state index < -0.39 is 0 Å². The van der Waals surface area contributed by atoms with Gasteiger partial charge in [0.1, 0.15) is 0 Å². The highest BCUT2D eigenvalue weighted by Gasteiger charge is 2.32. The van der Waals surface area contributed by atoms with Gasteiger partial charge in [-0.05, 0) is 18.2 Å². The predicted molar refractivity (Wildman–Crippen MR) is 107 cm³/mol. The van der Waals surface area contributed by atoms with E-state index in [0.717, 1.165) is 22.5 Å². The molecule has 0 saturated carbocycles. The topological polar surface area (TPSA) is 65.2 Å². The lowest BCUT2D eigenvalue weighted by molar-refractivity contribution is -0.133. The number of fused-ring (bicyclic) bond motifs is 4. The fraction of sp³-hybridized carbons (Fsp3) is 0.238. The van der Waals surface area contributed by atoms with Crippen LogP contribution in [0.3, 0.4) is 0 Å². The third-order valence-electron chi connectivity index (χ3n) is 5.30. The summed E-state index contributed by atoms with van der Waals surface area (Å²) in [6.45, 7) is 1.29. The molecule has 2 aromatic carbocycles. The van der Waals surface area contributed by atoms with E-state index in [1.54, 1.807) is 0 Å². The molecule has 0 aliphatic carbocycles. The predicted octanol–water partition coefficient (Wildman–Crippen LogP) is 3.56. The molecule has 1 unspecified atom stereocenters. The van der Waals surface area contributed by atoms with Crippen molar-refractivity contribution in [3.05, 3.63) is 59.8 Å². The zero-order valence-electron chi connectivity index (χ0n) is 14.7. The molecular weight excluding hydrogens is 358 g/mol. The molecule has 1 atom stereocenters. The second kappa shape index (κ2) is 6.46. The van der Waals surface area contributed by atoms with Crippen molar-refractivity contribution in [2.75, 3.05) is 11.9 Å².